The first-order valence-corrected chi connectivity index (χ1v) is 5.44. The quantitative estimate of drug-likeness (QED) is 0.617. The van der Waals surface area contributed by atoms with Crippen LogP contribution in [0.2, 0.25) is 0 Å². The van der Waals surface area contributed by atoms with Gasteiger partial charge in [-0.25, -0.2) is 0 Å². The van der Waals surface area contributed by atoms with E-state index in [1.807, 2.05) is 12.2 Å². The molecule has 0 rings (SSSR count). The number of hydrogen-bond acceptors (Lipinski definition) is 1. The van der Waals surface area contributed by atoms with Crippen LogP contribution >= 0.6 is 0 Å². The molecule has 2 nitrogen and oxygen atoms in total. The molecule has 0 aliphatic carbocycles. The van der Waals surface area contributed by atoms with Gasteiger partial charge in [0.05, 0.1) is 0 Å². The molecule has 0 aliphatic heterocycles. The largest absolute Gasteiger partial charge is 0.481 e. The van der Waals surface area contributed by atoms with Gasteiger partial charge in [-0.15, -0.1) is 0 Å². The zero-order valence-corrected chi connectivity index (χ0v) is 9.36. The van der Waals surface area contributed by atoms with Gasteiger partial charge in [0.25, 0.3) is 0 Å². The predicted octanol–water partition coefficient (Wildman–Crippen LogP) is 3.71. The van der Waals surface area contributed by atoms with E-state index in [1.165, 1.54) is 0 Å². The summed E-state index contributed by atoms with van der Waals surface area (Å²) in [6, 6.07) is 0. The van der Waals surface area contributed by atoms with Crippen LogP contribution in [0, 0.1) is 0 Å². The van der Waals surface area contributed by atoms with Crippen molar-refractivity contribution in [2.75, 3.05) is 0 Å². The highest BCUT2D eigenvalue weighted by Gasteiger charge is 1.90. The van der Waals surface area contributed by atoms with Crippen molar-refractivity contribution in [3.05, 3.63) is 36.5 Å². The van der Waals surface area contributed by atoms with Crippen LogP contribution in [0.25, 0.3) is 0 Å². The molecule has 0 fully saturated rings. The Kier molecular flexibility index (Phi) is 9.83. The minimum atomic E-state index is -0.736. The van der Waals surface area contributed by atoms with Crippen LogP contribution in [0.15, 0.2) is 36.5 Å². The van der Waals surface area contributed by atoms with Crippen LogP contribution in [0.1, 0.15) is 39.0 Å². The number of carboxylic acids is 1. The summed E-state index contributed by atoms with van der Waals surface area (Å²) in [4.78, 5) is 10.2. The number of carbonyl (C=O) groups is 1. The molecule has 0 heterocycles. The molecular weight excluding hydrogens is 188 g/mol. The molecule has 0 saturated heterocycles. The Hall–Kier alpha value is -1.31. The summed E-state index contributed by atoms with van der Waals surface area (Å²) in [5.74, 6) is -0.736. The molecule has 84 valence electrons. The third kappa shape index (κ3) is 12.7. The molecule has 0 bridgehead atoms. The average Bonchev–Trinajstić information content (AvgIpc) is 2.20. The van der Waals surface area contributed by atoms with E-state index < -0.39 is 5.97 Å². The lowest BCUT2D eigenvalue weighted by molar-refractivity contribution is -0.136. The van der Waals surface area contributed by atoms with Gasteiger partial charge in [-0.2, -0.15) is 0 Å². The molecule has 0 spiro atoms. The van der Waals surface area contributed by atoms with E-state index >= 15 is 0 Å². The molecule has 0 aromatic heterocycles. The van der Waals surface area contributed by atoms with Crippen LogP contribution in [-0.4, -0.2) is 11.1 Å². The molecule has 0 aromatic carbocycles. The van der Waals surface area contributed by atoms with Gasteiger partial charge in [0.15, 0.2) is 0 Å². The predicted molar refractivity (Wildman–Crippen MR) is 63.8 cm³/mol. The Bertz CT molecular complexity index is 237. The van der Waals surface area contributed by atoms with Gasteiger partial charge >= 0.3 is 5.97 Å². The maximum absolute atomic E-state index is 10.2. The number of carboxylic acid groups (broad SMARTS) is 1. The second-order valence-corrected chi connectivity index (χ2v) is 3.23. The molecule has 0 aliphatic rings. The normalized spacial score (nSPS) is 12.1. The van der Waals surface area contributed by atoms with E-state index in [9.17, 15) is 4.79 Å². The fourth-order valence-electron chi connectivity index (χ4n) is 1.03. The lowest BCUT2D eigenvalue weighted by Gasteiger charge is -1.86. The Balaban J connectivity index is 3.36. The summed E-state index contributed by atoms with van der Waals surface area (Å²) in [5, 5.41) is 8.38. The number of allylic oxidation sites excluding steroid dienone is 6. The van der Waals surface area contributed by atoms with E-state index in [4.69, 9.17) is 5.11 Å². The molecule has 15 heavy (non-hydrogen) atoms. The van der Waals surface area contributed by atoms with Crippen molar-refractivity contribution in [2.24, 2.45) is 0 Å². The first kappa shape index (κ1) is 13.7. The van der Waals surface area contributed by atoms with Gasteiger partial charge < -0.3 is 5.11 Å². The Morgan fingerprint density at radius 3 is 2.07 bits per heavy atom. The van der Waals surface area contributed by atoms with Crippen LogP contribution < -0.4 is 0 Å². The lowest BCUT2D eigenvalue weighted by atomic mass is 10.2. The van der Waals surface area contributed by atoms with Crippen molar-refractivity contribution >= 4 is 5.97 Å². The molecule has 0 atom stereocenters. The Morgan fingerprint density at radius 2 is 1.53 bits per heavy atom. The van der Waals surface area contributed by atoms with Gasteiger partial charge in [-0.05, 0) is 25.7 Å². The molecule has 0 saturated carbocycles. The van der Waals surface area contributed by atoms with E-state index in [-0.39, 0.29) is 6.42 Å². The minimum Gasteiger partial charge on any atom is -0.481 e. The van der Waals surface area contributed by atoms with Crippen LogP contribution in [0.5, 0.6) is 0 Å². The zero-order chi connectivity index (χ0) is 11.4. The van der Waals surface area contributed by atoms with Gasteiger partial charge in [0, 0.05) is 6.42 Å². The Labute approximate surface area is 92.0 Å². The summed E-state index contributed by atoms with van der Waals surface area (Å²) >= 11 is 0. The maximum Gasteiger partial charge on any atom is 0.303 e. The summed E-state index contributed by atoms with van der Waals surface area (Å²) in [7, 11) is 0. The van der Waals surface area contributed by atoms with Gasteiger partial charge in [0.2, 0.25) is 0 Å². The summed E-state index contributed by atoms with van der Waals surface area (Å²) in [5.41, 5.74) is 0. The van der Waals surface area contributed by atoms with Gasteiger partial charge in [-0.1, -0.05) is 43.4 Å². The van der Waals surface area contributed by atoms with Crippen LogP contribution in [0.3, 0.4) is 0 Å². The van der Waals surface area contributed by atoms with E-state index in [0.717, 1.165) is 19.3 Å². The molecular formula is C13H20O2. The fraction of sp³-hybridized carbons (Fsp3) is 0.462. The number of aliphatic carboxylic acids is 1. The third-order valence-corrected chi connectivity index (χ3v) is 1.80. The topological polar surface area (TPSA) is 37.3 Å². The van der Waals surface area contributed by atoms with Crippen LogP contribution in [-0.2, 0) is 4.79 Å². The maximum atomic E-state index is 10.2. The van der Waals surface area contributed by atoms with Gasteiger partial charge in [0.1, 0.15) is 0 Å². The summed E-state index contributed by atoms with van der Waals surface area (Å²) < 4.78 is 0. The molecule has 1 N–H and O–H groups in total. The van der Waals surface area contributed by atoms with Crippen molar-refractivity contribution < 1.29 is 9.90 Å². The number of hydrogen-bond donors (Lipinski definition) is 1. The molecule has 0 radical (unpaired) electrons. The van der Waals surface area contributed by atoms with E-state index in [2.05, 4.69) is 31.2 Å². The highest BCUT2D eigenvalue weighted by molar-refractivity contribution is 5.66. The smallest absolute Gasteiger partial charge is 0.303 e. The second kappa shape index (κ2) is 10.8. The van der Waals surface area contributed by atoms with Gasteiger partial charge in [-0.3, -0.25) is 4.79 Å². The highest BCUT2D eigenvalue weighted by atomic mass is 16.4. The minimum absolute atomic E-state index is 0.222. The van der Waals surface area contributed by atoms with Crippen LogP contribution in [0.4, 0.5) is 0 Å². The third-order valence-electron chi connectivity index (χ3n) is 1.80. The van der Waals surface area contributed by atoms with Crippen molar-refractivity contribution in [3.8, 4) is 0 Å². The highest BCUT2D eigenvalue weighted by Crippen LogP contribution is 1.95. The monoisotopic (exact) mass is 208 g/mol. The van der Waals surface area contributed by atoms with E-state index in [1.54, 1.807) is 0 Å². The standard InChI is InChI=1S/C13H20O2/c1-2-3-4-5-6-7-8-9-10-11-12-13(14)15/h3-4,6-7,9-10H,2,5,8,11-12H2,1H3,(H,14,15). The lowest BCUT2D eigenvalue weighted by Crippen LogP contribution is -1.91. The molecule has 0 unspecified atom stereocenters. The second-order valence-electron chi connectivity index (χ2n) is 3.23. The van der Waals surface area contributed by atoms with Crippen molar-refractivity contribution in [2.45, 2.75) is 39.0 Å². The zero-order valence-electron chi connectivity index (χ0n) is 9.36. The number of rotatable bonds is 8. The average molecular weight is 208 g/mol. The molecule has 0 amide bonds. The fourth-order valence-corrected chi connectivity index (χ4v) is 1.03. The van der Waals surface area contributed by atoms with E-state index in [0.29, 0.717) is 6.42 Å². The SMILES string of the molecule is CCC=CCC=CCC=CCCC(=O)O. The van der Waals surface area contributed by atoms with Crippen molar-refractivity contribution in [1.82, 2.24) is 0 Å². The van der Waals surface area contributed by atoms with Crippen molar-refractivity contribution in [3.63, 3.8) is 0 Å². The van der Waals surface area contributed by atoms with Crippen molar-refractivity contribution in [1.29, 1.82) is 0 Å². The molecule has 0 aromatic rings. The summed E-state index contributed by atoms with van der Waals surface area (Å²) in [6.45, 7) is 2.12. The Morgan fingerprint density at radius 1 is 1.00 bits per heavy atom. The first-order valence-electron chi connectivity index (χ1n) is 5.44. The molecule has 2 heteroatoms. The summed E-state index contributed by atoms with van der Waals surface area (Å²) in [6.07, 6.45) is 16.2. The first-order chi connectivity index (χ1) is 7.27.